The van der Waals surface area contributed by atoms with E-state index in [1.54, 1.807) is 13.8 Å². The molecule has 0 aromatic heterocycles. The highest BCUT2D eigenvalue weighted by Gasteiger charge is 2.24. The van der Waals surface area contributed by atoms with E-state index in [4.69, 9.17) is 14.2 Å². The van der Waals surface area contributed by atoms with Crippen molar-refractivity contribution < 1.29 is 29.2 Å². The number of carbonyl (C=O) groups is 1. The van der Waals surface area contributed by atoms with Crippen LogP contribution in [0.3, 0.4) is 0 Å². The molecule has 0 saturated carbocycles. The van der Waals surface area contributed by atoms with Crippen molar-refractivity contribution in [2.24, 2.45) is 0 Å². The number of phenolic OH excluding ortho intramolecular Hbond substituents is 2. The van der Waals surface area contributed by atoms with Crippen LogP contribution in [0, 0.1) is 0 Å². The molecule has 6 nitrogen and oxygen atoms in total. The second-order valence-corrected chi connectivity index (χ2v) is 5.83. The van der Waals surface area contributed by atoms with Crippen LogP contribution in [0.25, 0.3) is 0 Å². The standard InChI is InChI=1S/C16H24O6/c1-11(2)20-7-8-21-16(3,4)10-15(19)22-12-5-6-13(17)14(18)9-12/h5-6,9,11,17-18H,7-8,10H2,1-4H3. The number of phenols is 2. The minimum Gasteiger partial charge on any atom is -0.504 e. The number of rotatable bonds is 8. The van der Waals surface area contributed by atoms with Crippen LogP contribution < -0.4 is 4.74 Å². The number of carbonyl (C=O) groups excluding carboxylic acids is 1. The molecule has 1 rings (SSSR count). The summed E-state index contributed by atoms with van der Waals surface area (Å²) in [6.45, 7) is 8.31. The maximum atomic E-state index is 11.9. The lowest BCUT2D eigenvalue weighted by Crippen LogP contribution is -2.31. The molecule has 0 radical (unpaired) electrons. The van der Waals surface area contributed by atoms with Gasteiger partial charge < -0.3 is 24.4 Å². The van der Waals surface area contributed by atoms with E-state index in [-0.39, 0.29) is 29.8 Å². The van der Waals surface area contributed by atoms with Gasteiger partial charge in [-0.05, 0) is 39.8 Å². The molecule has 0 aliphatic carbocycles. The van der Waals surface area contributed by atoms with Gasteiger partial charge in [0.2, 0.25) is 0 Å². The fourth-order valence-corrected chi connectivity index (χ4v) is 1.73. The molecule has 0 aliphatic heterocycles. The minimum absolute atomic E-state index is 0.0519. The molecular formula is C16H24O6. The van der Waals surface area contributed by atoms with E-state index in [0.717, 1.165) is 0 Å². The maximum absolute atomic E-state index is 11.9. The van der Waals surface area contributed by atoms with Crippen LogP contribution in [-0.2, 0) is 14.3 Å². The first-order valence-corrected chi connectivity index (χ1v) is 7.18. The molecule has 0 amide bonds. The summed E-state index contributed by atoms with van der Waals surface area (Å²) >= 11 is 0. The summed E-state index contributed by atoms with van der Waals surface area (Å²) in [5.41, 5.74) is -0.684. The monoisotopic (exact) mass is 312 g/mol. The summed E-state index contributed by atoms with van der Waals surface area (Å²) in [7, 11) is 0. The van der Waals surface area contributed by atoms with Crippen molar-refractivity contribution in [2.75, 3.05) is 13.2 Å². The van der Waals surface area contributed by atoms with Crippen molar-refractivity contribution in [3.63, 3.8) is 0 Å². The third-order valence-electron chi connectivity index (χ3n) is 2.78. The molecule has 0 heterocycles. The van der Waals surface area contributed by atoms with E-state index in [1.807, 2.05) is 13.8 Å². The Kier molecular flexibility index (Phi) is 6.64. The Bertz CT molecular complexity index is 495. The summed E-state index contributed by atoms with van der Waals surface area (Å²) in [5.74, 6) is -0.931. The molecule has 22 heavy (non-hydrogen) atoms. The van der Waals surface area contributed by atoms with Crippen LogP contribution in [0.5, 0.6) is 17.2 Å². The number of benzene rings is 1. The second kappa shape index (κ2) is 8.00. The number of hydrogen-bond donors (Lipinski definition) is 2. The Balaban J connectivity index is 2.43. The molecule has 2 N–H and O–H groups in total. The number of hydrogen-bond acceptors (Lipinski definition) is 6. The van der Waals surface area contributed by atoms with Crippen molar-refractivity contribution in [3.05, 3.63) is 18.2 Å². The zero-order valence-electron chi connectivity index (χ0n) is 13.5. The SMILES string of the molecule is CC(C)OCCOC(C)(C)CC(=O)Oc1ccc(O)c(O)c1. The molecular weight excluding hydrogens is 288 g/mol. The Labute approximate surface area is 130 Å². The lowest BCUT2D eigenvalue weighted by atomic mass is 10.1. The summed E-state index contributed by atoms with van der Waals surface area (Å²) in [4.78, 5) is 11.9. The molecule has 6 heteroatoms. The Morgan fingerprint density at radius 3 is 2.45 bits per heavy atom. The molecule has 1 aromatic carbocycles. The topological polar surface area (TPSA) is 85.2 Å². The van der Waals surface area contributed by atoms with Crippen molar-refractivity contribution in [3.8, 4) is 17.2 Å². The minimum atomic E-state index is -0.684. The van der Waals surface area contributed by atoms with Gasteiger partial charge in [0.1, 0.15) is 5.75 Å². The first-order chi connectivity index (χ1) is 10.2. The van der Waals surface area contributed by atoms with Gasteiger partial charge >= 0.3 is 5.97 Å². The normalized spacial score (nSPS) is 11.7. The summed E-state index contributed by atoms with van der Waals surface area (Å²) in [6, 6.07) is 3.83. The van der Waals surface area contributed by atoms with E-state index in [1.165, 1.54) is 18.2 Å². The van der Waals surface area contributed by atoms with Crippen molar-refractivity contribution >= 4 is 5.97 Å². The highest BCUT2D eigenvalue weighted by atomic mass is 16.6. The van der Waals surface area contributed by atoms with Gasteiger partial charge in [0.25, 0.3) is 0 Å². The van der Waals surface area contributed by atoms with E-state index >= 15 is 0 Å². The average Bonchev–Trinajstić information content (AvgIpc) is 2.38. The summed E-state index contributed by atoms with van der Waals surface area (Å²) in [6.07, 6.45) is 0.190. The van der Waals surface area contributed by atoms with Crippen molar-refractivity contribution in [1.29, 1.82) is 0 Å². The van der Waals surface area contributed by atoms with Crippen LogP contribution in [-0.4, -0.2) is 41.1 Å². The zero-order chi connectivity index (χ0) is 16.8. The third-order valence-corrected chi connectivity index (χ3v) is 2.78. The van der Waals surface area contributed by atoms with Crippen LogP contribution in [0.4, 0.5) is 0 Å². The molecule has 0 spiro atoms. The quantitative estimate of drug-likeness (QED) is 0.332. The third kappa shape index (κ3) is 6.78. The molecule has 0 unspecified atom stereocenters. The van der Waals surface area contributed by atoms with Crippen LogP contribution in [0.1, 0.15) is 34.1 Å². The van der Waals surface area contributed by atoms with Gasteiger partial charge in [-0.25, -0.2) is 0 Å². The number of aromatic hydroxyl groups is 2. The van der Waals surface area contributed by atoms with Crippen LogP contribution in [0.2, 0.25) is 0 Å². The predicted octanol–water partition coefficient (Wildman–Crippen LogP) is 2.61. The highest BCUT2D eigenvalue weighted by Crippen LogP contribution is 2.29. The predicted molar refractivity (Wildman–Crippen MR) is 81.1 cm³/mol. The Morgan fingerprint density at radius 1 is 1.18 bits per heavy atom. The van der Waals surface area contributed by atoms with Crippen LogP contribution in [0.15, 0.2) is 18.2 Å². The Morgan fingerprint density at radius 2 is 1.86 bits per heavy atom. The van der Waals surface area contributed by atoms with Crippen molar-refractivity contribution in [2.45, 2.75) is 45.8 Å². The second-order valence-electron chi connectivity index (χ2n) is 5.83. The van der Waals surface area contributed by atoms with E-state index in [9.17, 15) is 15.0 Å². The lowest BCUT2D eigenvalue weighted by Gasteiger charge is -2.24. The summed E-state index contributed by atoms with van der Waals surface area (Å²) in [5, 5.41) is 18.6. The maximum Gasteiger partial charge on any atom is 0.314 e. The van der Waals surface area contributed by atoms with Gasteiger partial charge in [-0.15, -0.1) is 0 Å². The molecule has 0 saturated heterocycles. The van der Waals surface area contributed by atoms with Gasteiger partial charge in [0.15, 0.2) is 11.5 Å². The lowest BCUT2D eigenvalue weighted by molar-refractivity contribution is -0.142. The molecule has 124 valence electrons. The first kappa shape index (κ1) is 18.3. The summed E-state index contributed by atoms with van der Waals surface area (Å²) < 4.78 is 16.1. The highest BCUT2D eigenvalue weighted by molar-refractivity contribution is 5.73. The first-order valence-electron chi connectivity index (χ1n) is 7.18. The molecule has 0 fully saturated rings. The molecule has 0 aliphatic rings. The fourth-order valence-electron chi connectivity index (χ4n) is 1.73. The van der Waals surface area contributed by atoms with Gasteiger partial charge in [0.05, 0.1) is 31.3 Å². The van der Waals surface area contributed by atoms with Crippen molar-refractivity contribution in [1.82, 2.24) is 0 Å². The number of ether oxygens (including phenoxy) is 3. The molecule has 0 atom stereocenters. The van der Waals surface area contributed by atoms with Gasteiger partial charge in [-0.2, -0.15) is 0 Å². The number of esters is 1. The average molecular weight is 312 g/mol. The fraction of sp³-hybridized carbons (Fsp3) is 0.562. The van der Waals surface area contributed by atoms with Crippen LogP contribution >= 0.6 is 0 Å². The smallest absolute Gasteiger partial charge is 0.314 e. The van der Waals surface area contributed by atoms with E-state index in [0.29, 0.717) is 13.2 Å². The Hall–Kier alpha value is -1.79. The molecule has 1 aromatic rings. The van der Waals surface area contributed by atoms with Gasteiger partial charge in [0, 0.05) is 6.07 Å². The van der Waals surface area contributed by atoms with Gasteiger partial charge in [-0.1, -0.05) is 0 Å². The largest absolute Gasteiger partial charge is 0.504 e. The van der Waals surface area contributed by atoms with E-state index < -0.39 is 11.6 Å². The van der Waals surface area contributed by atoms with E-state index in [2.05, 4.69) is 0 Å². The zero-order valence-corrected chi connectivity index (χ0v) is 13.5. The molecule has 0 bridgehead atoms. The van der Waals surface area contributed by atoms with Gasteiger partial charge in [-0.3, -0.25) is 4.79 Å².